The molecule has 0 aliphatic carbocycles. The topological polar surface area (TPSA) is 35.5 Å². The predicted molar refractivity (Wildman–Crippen MR) is 57.1 cm³/mol. The molecule has 0 radical (unpaired) electrons. The Morgan fingerprint density at radius 2 is 2.27 bits per heavy atom. The fraction of sp³-hybridized carbons (Fsp3) is 0.364. The Bertz CT molecular complexity index is 401. The molecule has 1 aliphatic heterocycles. The summed E-state index contributed by atoms with van der Waals surface area (Å²) in [6, 6.07) is 3.28. The van der Waals surface area contributed by atoms with Gasteiger partial charge in [-0.3, -0.25) is 4.79 Å². The number of hydrogen-bond acceptors (Lipinski definition) is 3. The predicted octanol–water partition coefficient (Wildman–Crippen LogP) is 2.70. The van der Waals surface area contributed by atoms with Crippen molar-refractivity contribution in [3.8, 4) is 11.5 Å². The van der Waals surface area contributed by atoms with Crippen molar-refractivity contribution < 1.29 is 14.3 Å². The Kier molecular flexibility index (Phi) is 2.82. The van der Waals surface area contributed by atoms with Crippen LogP contribution in [0.15, 0.2) is 12.1 Å². The van der Waals surface area contributed by atoms with Crippen molar-refractivity contribution in [2.45, 2.75) is 12.8 Å². The summed E-state index contributed by atoms with van der Waals surface area (Å²) in [6.45, 7) is 0.538. The van der Waals surface area contributed by atoms with Crippen molar-refractivity contribution in [2.24, 2.45) is 0 Å². The first-order valence-electron chi connectivity index (χ1n) is 4.76. The number of Topliss-reactive ketones (excluding diaryl/α,β-unsaturated/α-hetero) is 1. The van der Waals surface area contributed by atoms with Gasteiger partial charge < -0.3 is 9.47 Å². The number of benzene rings is 1. The summed E-state index contributed by atoms with van der Waals surface area (Å²) < 4.78 is 10.6. The van der Waals surface area contributed by atoms with E-state index in [0.29, 0.717) is 35.1 Å². The third-order valence-corrected chi connectivity index (χ3v) is 2.55. The molecule has 1 heterocycles. The van der Waals surface area contributed by atoms with Crippen molar-refractivity contribution in [1.29, 1.82) is 0 Å². The number of hydrogen-bond donors (Lipinski definition) is 0. The second-order valence-corrected chi connectivity index (χ2v) is 3.80. The number of ether oxygens (including phenoxy) is 2. The van der Waals surface area contributed by atoms with Gasteiger partial charge in [-0.2, -0.15) is 0 Å². The normalized spacial score (nSPS) is 15.2. The molecule has 1 aromatic rings. The van der Waals surface area contributed by atoms with Crippen molar-refractivity contribution in [3.05, 3.63) is 22.7 Å². The van der Waals surface area contributed by atoms with E-state index in [1.807, 2.05) is 0 Å². The first-order valence-corrected chi connectivity index (χ1v) is 5.13. The van der Waals surface area contributed by atoms with Crippen LogP contribution >= 0.6 is 11.6 Å². The van der Waals surface area contributed by atoms with Crippen LogP contribution in [0.4, 0.5) is 0 Å². The molecule has 0 saturated carbocycles. The monoisotopic (exact) mass is 226 g/mol. The lowest BCUT2D eigenvalue weighted by Crippen LogP contribution is -2.00. The first-order chi connectivity index (χ1) is 7.22. The number of ketones is 1. The van der Waals surface area contributed by atoms with Gasteiger partial charge >= 0.3 is 0 Å². The molecule has 80 valence electrons. The van der Waals surface area contributed by atoms with Gasteiger partial charge in [0.05, 0.1) is 19.3 Å². The molecule has 0 spiro atoms. The Morgan fingerprint density at radius 1 is 1.47 bits per heavy atom. The van der Waals surface area contributed by atoms with Crippen LogP contribution < -0.4 is 9.47 Å². The molecule has 1 aliphatic rings. The van der Waals surface area contributed by atoms with Gasteiger partial charge in [0.1, 0.15) is 0 Å². The van der Waals surface area contributed by atoms with Crippen LogP contribution in [-0.4, -0.2) is 19.5 Å². The summed E-state index contributed by atoms with van der Waals surface area (Å²) in [5, 5.41) is 0.490. The highest BCUT2D eigenvalue weighted by molar-refractivity contribution is 6.31. The average molecular weight is 227 g/mol. The largest absolute Gasteiger partial charge is 0.493 e. The number of halogens is 1. The van der Waals surface area contributed by atoms with Gasteiger partial charge in [-0.05, 0) is 12.5 Å². The van der Waals surface area contributed by atoms with Crippen LogP contribution in [0.25, 0.3) is 0 Å². The summed E-state index contributed by atoms with van der Waals surface area (Å²) in [5.41, 5.74) is 0.525. The summed E-state index contributed by atoms with van der Waals surface area (Å²) in [5.74, 6) is 1.10. The molecule has 0 saturated heterocycles. The average Bonchev–Trinajstić information content (AvgIpc) is 2.40. The Balaban J connectivity index is 2.58. The minimum Gasteiger partial charge on any atom is -0.493 e. The maximum atomic E-state index is 11.7. The lowest BCUT2D eigenvalue weighted by atomic mass is 10.1. The van der Waals surface area contributed by atoms with Crippen LogP contribution in [0.2, 0.25) is 5.02 Å². The van der Waals surface area contributed by atoms with Gasteiger partial charge in [0, 0.05) is 17.5 Å². The number of rotatable bonds is 1. The fourth-order valence-corrected chi connectivity index (χ4v) is 1.83. The van der Waals surface area contributed by atoms with Crippen LogP contribution in [-0.2, 0) is 0 Å². The van der Waals surface area contributed by atoms with E-state index in [4.69, 9.17) is 21.1 Å². The van der Waals surface area contributed by atoms with Gasteiger partial charge in [0.2, 0.25) is 0 Å². The third-order valence-electron chi connectivity index (χ3n) is 2.33. The van der Waals surface area contributed by atoms with Gasteiger partial charge in [-0.15, -0.1) is 0 Å². The maximum absolute atomic E-state index is 11.7. The highest BCUT2D eigenvalue weighted by Crippen LogP contribution is 2.36. The smallest absolute Gasteiger partial charge is 0.172 e. The van der Waals surface area contributed by atoms with Crippen molar-refractivity contribution >= 4 is 17.4 Å². The molecule has 15 heavy (non-hydrogen) atoms. The highest BCUT2D eigenvalue weighted by atomic mass is 35.5. The number of methoxy groups -OCH3 is 1. The molecule has 0 N–H and O–H groups in total. The molecule has 0 amide bonds. The van der Waals surface area contributed by atoms with Gasteiger partial charge in [0.25, 0.3) is 0 Å². The maximum Gasteiger partial charge on any atom is 0.172 e. The fourth-order valence-electron chi connectivity index (χ4n) is 1.62. The van der Waals surface area contributed by atoms with Crippen LogP contribution in [0, 0.1) is 0 Å². The summed E-state index contributed by atoms with van der Waals surface area (Å²) in [6.07, 6.45) is 1.23. The van der Waals surface area contributed by atoms with Crippen LogP contribution in [0.3, 0.4) is 0 Å². The summed E-state index contributed by atoms with van der Waals surface area (Å²) in [7, 11) is 1.53. The van der Waals surface area contributed by atoms with Gasteiger partial charge in [-0.1, -0.05) is 11.6 Å². The zero-order valence-corrected chi connectivity index (χ0v) is 9.13. The zero-order valence-electron chi connectivity index (χ0n) is 8.38. The minimum atomic E-state index is 0.0586. The quantitative estimate of drug-likeness (QED) is 0.739. The van der Waals surface area contributed by atoms with Gasteiger partial charge in [-0.25, -0.2) is 0 Å². The van der Waals surface area contributed by atoms with Crippen LogP contribution in [0.5, 0.6) is 11.5 Å². The van der Waals surface area contributed by atoms with Crippen molar-refractivity contribution in [1.82, 2.24) is 0 Å². The standard InChI is InChI=1S/C11H11ClO3/c1-14-10-6-7(12)5-8-9(13)3-2-4-15-11(8)10/h5-6H,2-4H2,1H3. The molecule has 0 fully saturated rings. The SMILES string of the molecule is COc1cc(Cl)cc2c1OCCCC2=O. The molecule has 0 unspecified atom stereocenters. The van der Waals surface area contributed by atoms with E-state index >= 15 is 0 Å². The Hall–Kier alpha value is -1.22. The molecule has 3 nitrogen and oxygen atoms in total. The van der Waals surface area contributed by atoms with Crippen molar-refractivity contribution in [2.75, 3.05) is 13.7 Å². The molecule has 0 aromatic heterocycles. The third kappa shape index (κ3) is 1.92. The van der Waals surface area contributed by atoms with E-state index in [9.17, 15) is 4.79 Å². The second kappa shape index (κ2) is 4.11. The Morgan fingerprint density at radius 3 is 3.00 bits per heavy atom. The molecular formula is C11H11ClO3. The van der Waals surface area contributed by atoms with E-state index in [1.54, 1.807) is 12.1 Å². The molecule has 1 aromatic carbocycles. The van der Waals surface area contributed by atoms with E-state index in [2.05, 4.69) is 0 Å². The van der Waals surface area contributed by atoms with E-state index < -0.39 is 0 Å². The zero-order chi connectivity index (χ0) is 10.8. The second-order valence-electron chi connectivity index (χ2n) is 3.36. The molecule has 2 rings (SSSR count). The molecular weight excluding hydrogens is 216 g/mol. The first kappa shape index (κ1) is 10.3. The Labute approximate surface area is 92.9 Å². The lowest BCUT2D eigenvalue weighted by molar-refractivity contribution is 0.0983. The number of carbonyl (C=O) groups excluding carboxylic acids is 1. The van der Waals surface area contributed by atoms with E-state index in [0.717, 1.165) is 6.42 Å². The molecule has 4 heteroatoms. The highest BCUT2D eigenvalue weighted by Gasteiger charge is 2.21. The summed E-state index contributed by atoms with van der Waals surface area (Å²) in [4.78, 5) is 11.7. The molecule has 0 atom stereocenters. The van der Waals surface area contributed by atoms with E-state index in [1.165, 1.54) is 7.11 Å². The number of fused-ring (bicyclic) bond motifs is 1. The van der Waals surface area contributed by atoms with E-state index in [-0.39, 0.29) is 5.78 Å². The number of carbonyl (C=O) groups is 1. The minimum absolute atomic E-state index is 0.0586. The van der Waals surface area contributed by atoms with Crippen molar-refractivity contribution in [3.63, 3.8) is 0 Å². The molecule has 0 bridgehead atoms. The summed E-state index contributed by atoms with van der Waals surface area (Å²) >= 11 is 5.89. The van der Waals surface area contributed by atoms with Crippen LogP contribution in [0.1, 0.15) is 23.2 Å². The van der Waals surface area contributed by atoms with Gasteiger partial charge in [0.15, 0.2) is 17.3 Å². The lowest BCUT2D eigenvalue weighted by Gasteiger charge is -2.11.